The Kier molecular flexibility index (Phi) is 5.75. The zero-order valence-corrected chi connectivity index (χ0v) is 12.6. The summed E-state index contributed by atoms with van der Waals surface area (Å²) in [5.41, 5.74) is 5.77. The average Bonchev–Trinajstić information content (AvgIpc) is 2.36. The van der Waals surface area contributed by atoms with Crippen LogP contribution in [0.3, 0.4) is 0 Å². The van der Waals surface area contributed by atoms with Gasteiger partial charge in [0, 0.05) is 33.2 Å². The van der Waals surface area contributed by atoms with Crippen LogP contribution in [0.1, 0.15) is 13.8 Å². The van der Waals surface area contributed by atoms with Crippen LogP contribution in [0.2, 0.25) is 0 Å². The summed E-state index contributed by atoms with van der Waals surface area (Å²) in [7, 11) is 6.04. The van der Waals surface area contributed by atoms with Crippen molar-refractivity contribution < 1.29 is 0 Å². The first kappa shape index (κ1) is 15.4. The highest BCUT2D eigenvalue weighted by atomic mass is 15.3. The molecule has 0 saturated heterocycles. The summed E-state index contributed by atoms with van der Waals surface area (Å²) in [4.78, 5) is 19.0. The van der Waals surface area contributed by atoms with E-state index in [0.29, 0.717) is 11.9 Å². The molecule has 1 aromatic rings. The number of anilines is 3. The van der Waals surface area contributed by atoms with Crippen LogP contribution in [-0.4, -0.2) is 67.2 Å². The SMILES string of the molecule is CCN(CC)c1nc(N)nc(N(C)CCN(C)C)n1. The highest BCUT2D eigenvalue weighted by Crippen LogP contribution is 2.13. The highest BCUT2D eigenvalue weighted by Gasteiger charge is 2.12. The van der Waals surface area contributed by atoms with Gasteiger partial charge in [0.2, 0.25) is 17.8 Å². The summed E-state index contributed by atoms with van der Waals surface area (Å²) in [5.74, 6) is 1.53. The molecular formula is C12H25N7. The first-order chi connectivity index (χ1) is 8.97. The van der Waals surface area contributed by atoms with E-state index in [2.05, 4.69) is 38.6 Å². The van der Waals surface area contributed by atoms with E-state index in [4.69, 9.17) is 5.73 Å². The summed E-state index contributed by atoms with van der Waals surface area (Å²) in [6.07, 6.45) is 0. The summed E-state index contributed by atoms with van der Waals surface area (Å²) in [6.45, 7) is 7.61. The Labute approximate surface area is 115 Å². The van der Waals surface area contributed by atoms with E-state index in [1.807, 2.05) is 26.0 Å². The molecule has 0 aliphatic carbocycles. The molecule has 1 aromatic heterocycles. The lowest BCUT2D eigenvalue weighted by Gasteiger charge is -2.23. The van der Waals surface area contributed by atoms with Gasteiger partial charge in [-0.25, -0.2) is 0 Å². The molecule has 1 heterocycles. The van der Waals surface area contributed by atoms with E-state index in [0.717, 1.165) is 26.2 Å². The van der Waals surface area contributed by atoms with Crippen LogP contribution in [0.5, 0.6) is 0 Å². The highest BCUT2D eigenvalue weighted by molar-refractivity contribution is 5.42. The molecule has 108 valence electrons. The fourth-order valence-electron chi connectivity index (χ4n) is 1.64. The van der Waals surface area contributed by atoms with Gasteiger partial charge in [-0.1, -0.05) is 0 Å². The predicted octanol–water partition coefficient (Wildman–Crippen LogP) is 0.298. The lowest BCUT2D eigenvalue weighted by Crippen LogP contribution is -2.31. The molecule has 1 rings (SSSR count). The fraction of sp³-hybridized carbons (Fsp3) is 0.750. The van der Waals surface area contributed by atoms with Gasteiger partial charge in [-0.05, 0) is 27.9 Å². The van der Waals surface area contributed by atoms with E-state index in [9.17, 15) is 0 Å². The molecule has 0 aliphatic heterocycles. The van der Waals surface area contributed by atoms with Crippen LogP contribution >= 0.6 is 0 Å². The molecule has 0 radical (unpaired) electrons. The molecule has 0 saturated carbocycles. The standard InChI is InChI=1S/C12H25N7/c1-6-19(7-2)12-15-10(13)14-11(16-12)18(5)9-8-17(3)4/h6-9H2,1-5H3,(H2,13,14,15,16). The molecule has 7 heteroatoms. The maximum atomic E-state index is 5.77. The first-order valence-corrected chi connectivity index (χ1v) is 6.60. The molecular weight excluding hydrogens is 242 g/mol. The molecule has 0 unspecified atom stereocenters. The predicted molar refractivity (Wildman–Crippen MR) is 79.6 cm³/mol. The Morgan fingerprint density at radius 3 is 2.00 bits per heavy atom. The Morgan fingerprint density at radius 1 is 0.895 bits per heavy atom. The number of hydrogen-bond donors (Lipinski definition) is 1. The Bertz CT molecular complexity index is 390. The van der Waals surface area contributed by atoms with Crippen molar-refractivity contribution in [1.82, 2.24) is 19.9 Å². The zero-order chi connectivity index (χ0) is 14.4. The number of nitrogen functional groups attached to an aromatic ring is 1. The molecule has 0 bridgehead atoms. The van der Waals surface area contributed by atoms with Crippen LogP contribution in [-0.2, 0) is 0 Å². The van der Waals surface area contributed by atoms with Gasteiger partial charge < -0.3 is 20.4 Å². The number of hydrogen-bond acceptors (Lipinski definition) is 7. The third kappa shape index (κ3) is 4.51. The molecule has 2 N–H and O–H groups in total. The minimum absolute atomic E-state index is 0.267. The van der Waals surface area contributed by atoms with Gasteiger partial charge in [-0.2, -0.15) is 15.0 Å². The van der Waals surface area contributed by atoms with Gasteiger partial charge in [0.05, 0.1) is 0 Å². The van der Waals surface area contributed by atoms with Crippen LogP contribution in [0.25, 0.3) is 0 Å². The van der Waals surface area contributed by atoms with Crippen molar-refractivity contribution >= 4 is 17.8 Å². The Hall–Kier alpha value is -1.63. The van der Waals surface area contributed by atoms with Gasteiger partial charge in [0.25, 0.3) is 0 Å². The van der Waals surface area contributed by atoms with Crippen LogP contribution in [0.4, 0.5) is 17.8 Å². The molecule has 0 aliphatic rings. The second-order valence-electron chi connectivity index (χ2n) is 4.69. The Morgan fingerprint density at radius 2 is 1.47 bits per heavy atom. The van der Waals surface area contributed by atoms with Crippen LogP contribution in [0.15, 0.2) is 0 Å². The number of aromatic nitrogens is 3. The van der Waals surface area contributed by atoms with E-state index >= 15 is 0 Å². The second-order valence-corrected chi connectivity index (χ2v) is 4.69. The molecule has 0 atom stereocenters. The van der Waals surface area contributed by atoms with Gasteiger partial charge in [-0.3, -0.25) is 0 Å². The second kappa shape index (κ2) is 7.08. The molecule has 0 amide bonds. The largest absolute Gasteiger partial charge is 0.368 e. The number of likely N-dealkylation sites (N-methyl/N-ethyl adjacent to an activating group) is 2. The minimum atomic E-state index is 0.267. The van der Waals surface area contributed by atoms with Gasteiger partial charge in [-0.15, -0.1) is 0 Å². The van der Waals surface area contributed by atoms with Gasteiger partial charge >= 0.3 is 0 Å². The molecule has 0 aromatic carbocycles. The average molecular weight is 267 g/mol. The summed E-state index contributed by atoms with van der Waals surface area (Å²) < 4.78 is 0. The third-order valence-corrected chi connectivity index (χ3v) is 2.90. The van der Waals surface area contributed by atoms with E-state index in [1.54, 1.807) is 0 Å². The van der Waals surface area contributed by atoms with E-state index < -0.39 is 0 Å². The molecule has 0 fully saturated rings. The van der Waals surface area contributed by atoms with Crippen molar-refractivity contribution in [1.29, 1.82) is 0 Å². The van der Waals surface area contributed by atoms with Crippen LogP contribution < -0.4 is 15.5 Å². The van der Waals surface area contributed by atoms with Crippen molar-refractivity contribution in [2.75, 3.05) is 62.9 Å². The van der Waals surface area contributed by atoms with Crippen molar-refractivity contribution in [3.8, 4) is 0 Å². The number of nitrogens with two attached hydrogens (primary N) is 1. The topological polar surface area (TPSA) is 74.4 Å². The van der Waals surface area contributed by atoms with E-state index in [1.165, 1.54) is 0 Å². The summed E-state index contributed by atoms with van der Waals surface area (Å²) in [5, 5.41) is 0. The maximum Gasteiger partial charge on any atom is 0.231 e. The lowest BCUT2D eigenvalue weighted by atomic mass is 10.5. The third-order valence-electron chi connectivity index (χ3n) is 2.90. The lowest BCUT2D eigenvalue weighted by molar-refractivity contribution is 0.415. The van der Waals surface area contributed by atoms with Crippen LogP contribution in [0, 0.1) is 0 Å². The van der Waals surface area contributed by atoms with Crippen molar-refractivity contribution in [2.24, 2.45) is 0 Å². The zero-order valence-electron chi connectivity index (χ0n) is 12.6. The maximum absolute atomic E-state index is 5.77. The Balaban J connectivity index is 2.89. The minimum Gasteiger partial charge on any atom is -0.368 e. The van der Waals surface area contributed by atoms with Crippen molar-refractivity contribution in [3.63, 3.8) is 0 Å². The van der Waals surface area contributed by atoms with Gasteiger partial charge in [0.1, 0.15) is 0 Å². The quantitative estimate of drug-likeness (QED) is 0.761. The molecule has 7 nitrogen and oxygen atoms in total. The normalized spacial score (nSPS) is 10.8. The smallest absolute Gasteiger partial charge is 0.231 e. The summed E-state index contributed by atoms with van der Waals surface area (Å²) in [6, 6.07) is 0. The van der Waals surface area contributed by atoms with Gasteiger partial charge in [0.15, 0.2) is 0 Å². The fourth-order valence-corrected chi connectivity index (χ4v) is 1.64. The first-order valence-electron chi connectivity index (χ1n) is 6.60. The number of rotatable bonds is 7. The molecule has 0 spiro atoms. The number of nitrogens with zero attached hydrogens (tertiary/aromatic N) is 6. The summed E-state index contributed by atoms with van der Waals surface area (Å²) >= 11 is 0. The van der Waals surface area contributed by atoms with E-state index in [-0.39, 0.29) is 5.95 Å². The van der Waals surface area contributed by atoms with Crippen molar-refractivity contribution in [2.45, 2.75) is 13.8 Å². The molecule has 19 heavy (non-hydrogen) atoms. The van der Waals surface area contributed by atoms with Crippen molar-refractivity contribution in [3.05, 3.63) is 0 Å². The monoisotopic (exact) mass is 267 g/mol.